The number of sulfone groups is 1. The molecule has 6 nitrogen and oxygen atoms in total. The quantitative estimate of drug-likeness (QED) is 0.100. The molecule has 0 radical (unpaired) electrons. The Bertz CT molecular complexity index is 1770. The lowest BCUT2D eigenvalue weighted by molar-refractivity contribution is -0.137. The van der Waals surface area contributed by atoms with Crippen LogP contribution in [0.5, 0.6) is 0 Å². The van der Waals surface area contributed by atoms with Crippen LogP contribution < -0.4 is 0 Å². The monoisotopic (exact) mass is 612 g/mol. The Balaban J connectivity index is 1.84. The molecule has 0 N–H and O–H groups in total. The van der Waals surface area contributed by atoms with Gasteiger partial charge in [0, 0.05) is 23.2 Å². The minimum atomic E-state index is -5.20. The second-order valence-corrected chi connectivity index (χ2v) is 11.0. The molecule has 220 valence electrons. The van der Waals surface area contributed by atoms with E-state index in [1.807, 2.05) is 0 Å². The number of carbonyl (C=O) groups excluding carboxylic acids is 1. The third kappa shape index (κ3) is 6.54. The van der Waals surface area contributed by atoms with E-state index in [1.54, 1.807) is 0 Å². The first-order valence-corrected chi connectivity index (χ1v) is 13.7. The highest BCUT2D eigenvalue weighted by molar-refractivity contribution is 7.90. The van der Waals surface area contributed by atoms with Crippen LogP contribution in [0.2, 0.25) is 0 Å². The zero-order valence-electron chi connectivity index (χ0n) is 21.6. The topological polar surface area (TPSA) is 77.7 Å². The summed E-state index contributed by atoms with van der Waals surface area (Å²) in [5.74, 6) is -2.17. The lowest BCUT2D eigenvalue weighted by Crippen LogP contribution is -2.25. The SMILES string of the molecule is Cc1c(/C(=N\OC(=O)c2cccc(C(F)(F)F)c2)C(F)(F)F)cc(-c2ccc(S(C)(=O)=O)cc2)n1-c1ccc(F)cc1. The smallest absolute Gasteiger partial charge is 0.313 e. The molecule has 3 aromatic carbocycles. The number of benzene rings is 3. The fourth-order valence-electron chi connectivity index (χ4n) is 4.07. The Morgan fingerprint density at radius 3 is 2.05 bits per heavy atom. The molecule has 0 aliphatic carbocycles. The zero-order chi connectivity index (χ0) is 31.0. The molecule has 0 saturated heterocycles. The van der Waals surface area contributed by atoms with Crippen molar-refractivity contribution >= 4 is 21.5 Å². The van der Waals surface area contributed by atoms with Crippen LogP contribution in [0.15, 0.2) is 88.9 Å². The van der Waals surface area contributed by atoms with Crippen LogP contribution in [-0.4, -0.2) is 37.1 Å². The molecule has 0 spiro atoms. The van der Waals surface area contributed by atoms with Gasteiger partial charge in [0.15, 0.2) is 15.5 Å². The predicted octanol–water partition coefficient (Wildman–Crippen LogP) is 7.14. The highest BCUT2D eigenvalue weighted by Gasteiger charge is 2.40. The van der Waals surface area contributed by atoms with Gasteiger partial charge in [-0.05, 0) is 73.2 Å². The molecule has 42 heavy (non-hydrogen) atoms. The molecular weight excluding hydrogens is 593 g/mol. The lowest BCUT2D eigenvalue weighted by atomic mass is 10.1. The van der Waals surface area contributed by atoms with Crippen molar-refractivity contribution in [2.45, 2.75) is 24.2 Å². The molecule has 0 atom stereocenters. The van der Waals surface area contributed by atoms with Crippen molar-refractivity contribution in [3.05, 3.63) is 107 Å². The Kier molecular flexibility index (Phi) is 8.05. The molecule has 4 aromatic rings. The maximum absolute atomic E-state index is 14.2. The van der Waals surface area contributed by atoms with Gasteiger partial charge in [0.1, 0.15) is 5.82 Å². The van der Waals surface area contributed by atoms with Crippen LogP contribution in [0, 0.1) is 12.7 Å². The number of nitrogens with zero attached hydrogens (tertiary/aromatic N) is 2. The fraction of sp³-hybridized carbons (Fsp3) is 0.143. The van der Waals surface area contributed by atoms with E-state index < -0.39 is 56.4 Å². The van der Waals surface area contributed by atoms with Gasteiger partial charge in [0.05, 0.1) is 21.7 Å². The van der Waals surface area contributed by atoms with Crippen molar-refractivity contribution < 1.29 is 48.8 Å². The molecule has 1 aromatic heterocycles. The van der Waals surface area contributed by atoms with Gasteiger partial charge >= 0.3 is 18.3 Å². The van der Waals surface area contributed by atoms with Crippen molar-refractivity contribution in [1.82, 2.24) is 4.57 Å². The van der Waals surface area contributed by atoms with Gasteiger partial charge < -0.3 is 9.40 Å². The Morgan fingerprint density at radius 1 is 0.881 bits per heavy atom. The van der Waals surface area contributed by atoms with Crippen LogP contribution >= 0.6 is 0 Å². The van der Waals surface area contributed by atoms with Crippen molar-refractivity contribution in [3.8, 4) is 16.9 Å². The van der Waals surface area contributed by atoms with Crippen molar-refractivity contribution in [2.75, 3.05) is 6.26 Å². The molecule has 1 heterocycles. The standard InChI is InChI=1S/C28H19F7N2O4S/c1-16-23(25(28(33,34)35)36-41-26(38)18-4-3-5-19(14-18)27(30,31)32)15-24(37(16)21-10-8-20(29)9-11-21)17-6-12-22(13-7-17)42(2,39)40/h3-15H,1-2H3/b36-25+. The van der Waals surface area contributed by atoms with Crippen LogP contribution in [0.4, 0.5) is 30.7 Å². The molecule has 0 fully saturated rings. The number of rotatable bonds is 6. The summed E-state index contributed by atoms with van der Waals surface area (Å²) < 4.78 is 120. The number of halogens is 7. The normalized spacial score (nSPS) is 12.8. The van der Waals surface area contributed by atoms with E-state index in [4.69, 9.17) is 0 Å². The maximum atomic E-state index is 14.2. The Morgan fingerprint density at radius 2 is 1.50 bits per heavy atom. The number of aromatic nitrogens is 1. The first-order chi connectivity index (χ1) is 19.5. The summed E-state index contributed by atoms with van der Waals surface area (Å²) in [6, 6.07) is 14.0. The van der Waals surface area contributed by atoms with E-state index in [1.165, 1.54) is 47.9 Å². The third-order valence-corrected chi connectivity index (χ3v) is 7.21. The summed E-state index contributed by atoms with van der Waals surface area (Å²) in [7, 11) is -3.58. The van der Waals surface area contributed by atoms with Gasteiger partial charge in [0.25, 0.3) is 0 Å². The van der Waals surface area contributed by atoms with Gasteiger partial charge in [0.2, 0.25) is 0 Å². The lowest BCUT2D eigenvalue weighted by Gasteiger charge is -2.14. The van der Waals surface area contributed by atoms with Gasteiger partial charge in [-0.25, -0.2) is 17.6 Å². The summed E-state index contributed by atoms with van der Waals surface area (Å²) in [6.45, 7) is 1.29. The average Bonchev–Trinajstić information content (AvgIpc) is 3.24. The van der Waals surface area contributed by atoms with E-state index in [0.29, 0.717) is 12.1 Å². The first kappa shape index (κ1) is 30.5. The number of carbonyl (C=O) groups is 1. The van der Waals surface area contributed by atoms with Crippen molar-refractivity contribution in [2.24, 2.45) is 5.16 Å². The summed E-state index contributed by atoms with van der Waals surface area (Å²) in [6.07, 6.45) is -9.03. The molecule has 0 saturated carbocycles. The van der Waals surface area contributed by atoms with Crippen LogP contribution in [0.3, 0.4) is 0 Å². The Hall–Kier alpha value is -4.46. The van der Waals surface area contributed by atoms with Crippen LogP contribution in [0.25, 0.3) is 16.9 Å². The average molecular weight is 613 g/mol. The number of oxime groups is 1. The molecule has 14 heteroatoms. The van der Waals surface area contributed by atoms with Crippen molar-refractivity contribution in [1.29, 1.82) is 0 Å². The summed E-state index contributed by atoms with van der Waals surface area (Å²) >= 11 is 0. The summed E-state index contributed by atoms with van der Waals surface area (Å²) in [4.78, 5) is 16.8. The van der Waals surface area contributed by atoms with E-state index in [0.717, 1.165) is 36.6 Å². The maximum Gasteiger partial charge on any atom is 0.437 e. The van der Waals surface area contributed by atoms with Gasteiger partial charge in [-0.1, -0.05) is 23.4 Å². The number of hydrogen-bond acceptors (Lipinski definition) is 5. The Labute approximate surface area is 234 Å². The van der Waals surface area contributed by atoms with Crippen molar-refractivity contribution in [3.63, 3.8) is 0 Å². The minimum Gasteiger partial charge on any atom is -0.313 e. The number of hydrogen-bond donors (Lipinski definition) is 0. The third-order valence-electron chi connectivity index (χ3n) is 6.08. The van der Waals surface area contributed by atoms with Gasteiger partial charge in [-0.3, -0.25) is 0 Å². The molecule has 0 unspecified atom stereocenters. The van der Waals surface area contributed by atoms with E-state index in [9.17, 15) is 43.9 Å². The van der Waals surface area contributed by atoms with Gasteiger partial charge in [-0.15, -0.1) is 0 Å². The summed E-state index contributed by atoms with van der Waals surface area (Å²) in [5, 5.41) is 3.00. The zero-order valence-corrected chi connectivity index (χ0v) is 22.4. The van der Waals surface area contributed by atoms with E-state index >= 15 is 0 Å². The molecular formula is C28H19F7N2O4S. The highest BCUT2D eigenvalue weighted by atomic mass is 32.2. The van der Waals surface area contributed by atoms with Crippen LogP contribution in [-0.2, 0) is 20.9 Å². The summed E-state index contributed by atoms with van der Waals surface area (Å²) in [5.41, 5.74) is -3.56. The molecule has 0 aliphatic rings. The largest absolute Gasteiger partial charge is 0.437 e. The molecule has 0 bridgehead atoms. The van der Waals surface area contributed by atoms with Gasteiger partial charge in [-0.2, -0.15) is 26.3 Å². The molecule has 4 rings (SSSR count). The highest BCUT2D eigenvalue weighted by Crippen LogP contribution is 2.34. The molecule has 0 aliphatic heterocycles. The van der Waals surface area contributed by atoms with E-state index in [-0.39, 0.29) is 27.5 Å². The number of alkyl halides is 6. The second kappa shape index (κ2) is 11.1. The second-order valence-electron chi connectivity index (χ2n) is 9.03. The fourth-order valence-corrected chi connectivity index (χ4v) is 4.70. The van der Waals surface area contributed by atoms with Crippen LogP contribution in [0.1, 0.15) is 27.2 Å². The minimum absolute atomic E-state index is 0.0397. The molecule has 0 amide bonds. The van der Waals surface area contributed by atoms with E-state index in [2.05, 4.69) is 9.99 Å². The first-order valence-electron chi connectivity index (χ1n) is 11.8. The predicted molar refractivity (Wildman–Crippen MR) is 138 cm³/mol.